The van der Waals surface area contributed by atoms with E-state index in [0.29, 0.717) is 25.3 Å². The number of hydrogen-bond acceptors (Lipinski definition) is 4. The largest absolute Gasteiger partial charge is 0.466 e. The number of aliphatic imine (C=N–C) groups is 1. The minimum Gasteiger partial charge on any atom is -0.466 e. The number of amides is 1. The molecule has 3 N–H and O–H groups in total. The lowest BCUT2D eigenvalue weighted by molar-refractivity contribution is -0.149. The third kappa shape index (κ3) is 5.47. The van der Waals surface area contributed by atoms with Gasteiger partial charge in [-0.3, -0.25) is 9.59 Å². The first-order valence-corrected chi connectivity index (χ1v) is 9.13. The Morgan fingerprint density at radius 1 is 1.38 bits per heavy atom. The van der Waals surface area contributed by atoms with Crippen LogP contribution in [0.3, 0.4) is 0 Å². The van der Waals surface area contributed by atoms with Crippen molar-refractivity contribution in [3.63, 3.8) is 0 Å². The van der Waals surface area contributed by atoms with Gasteiger partial charge in [-0.2, -0.15) is 0 Å². The second-order valence-electron chi connectivity index (χ2n) is 6.27. The first kappa shape index (κ1) is 19.8. The average molecular weight is 360 g/mol. The SMILES string of the molecule is CCNC(=NCc1cccc(C(N)=O)c1)N1CCCC(C(=O)OCC)C1. The Hall–Kier alpha value is -2.57. The number of nitrogens with one attached hydrogen (secondary N) is 1. The van der Waals surface area contributed by atoms with Crippen molar-refractivity contribution in [3.05, 3.63) is 35.4 Å². The number of likely N-dealkylation sites (tertiary alicyclic amines) is 1. The van der Waals surface area contributed by atoms with E-state index in [0.717, 1.165) is 37.5 Å². The molecule has 7 nitrogen and oxygen atoms in total. The molecule has 0 saturated carbocycles. The summed E-state index contributed by atoms with van der Waals surface area (Å²) in [6, 6.07) is 7.16. The molecule has 1 aromatic rings. The molecule has 1 unspecified atom stereocenters. The molecular formula is C19H28N4O3. The number of carbonyl (C=O) groups excluding carboxylic acids is 2. The second-order valence-corrected chi connectivity index (χ2v) is 6.27. The van der Waals surface area contributed by atoms with Crippen LogP contribution in [0.2, 0.25) is 0 Å². The summed E-state index contributed by atoms with van der Waals surface area (Å²) in [7, 11) is 0. The molecule has 1 amide bonds. The Balaban J connectivity index is 2.09. The molecule has 142 valence electrons. The van der Waals surface area contributed by atoms with Crippen molar-refractivity contribution in [1.29, 1.82) is 0 Å². The second kappa shape index (κ2) is 9.79. The summed E-state index contributed by atoms with van der Waals surface area (Å²) in [5.41, 5.74) is 6.72. The monoisotopic (exact) mass is 360 g/mol. The molecule has 0 spiro atoms. The van der Waals surface area contributed by atoms with Gasteiger partial charge in [0.1, 0.15) is 0 Å². The van der Waals surface area contributed by atoms with Crippen molar-refractivity contribution in [3.8, 4) is 0 Å². The van der Waals surface area contributed by atoms with E-state index >= 15 is 0 Å². The van der Waals surface area contributed by atoms with Crippen molar-refractivity contribution < 1.29 is 14.3 Å². The average Bonchev–Trinajstić information content (AvgIpc) is 2.65. The number of esters is 1. The highest BCUT2D eigenvalue weighted by molar-refractivity contribution is 5.92. The van der Waals surface area contributed by atoms with Crippen molar-refractivity contribution >= 4 is 17.8 Å². The third-order valence-corrected chi connectivity index (χ3v) is 4.30. The number of rotatable bonds is 6. The number of guanidine groups is 1. The molecule has 2 rings (SSSR count). The molecule has 1 aromatic carbocycles. The Kier molecular flexibility index (Phi) is 7.44. The fraction of sp³-hybridized carbons (Fsp3) is 0.526. The maximum atomic E-state index is 12.1. The Morgan fingerprint density at radius 2 is 2.19 bits per heavy atom. The number of hydrogen-bond donors (Lipinski definition) is 2. The molecule has 26 heavy (non-hydrogen) atoms. The van der Waals surface area contributed by atoms with Gasteiger partial charge in [-0.1, -0.05) is 12.1 Å². The molecule has 1 fully saturated rings. The van der Waals surface area contributed by atoms with E-state index < -0.39 is 5.91 Å². The van der Waals surface area contributed by atoms with E-state index in [1.165, 1.54) is 0 Å². The van der Waals surface area contributed by atoms with Gasteiger partial charge >= 0.3 is 5.97 Å². The lowest BCUT2D eigenvalue weighted by Crippen LogP contribution is -2.48. The lowest BCUT2D eigenvalue weighted by Gasteiger charge is -2.34. The first-order valence-electron chi connectivity index (χ1n) is 9.13. The van der Waals surface area contributed by atoms with Gasteiger partial charge in [-0.05, 0) is 44.4 Å². The van der Waals surface area contributed by atoms with E-state index in [-0.39, 0.29) is 11.9 Å². The topological polar surface area (TPSA) is 97.0 Å². The zero-order chi connectivity index (χ0) is 18.9. The summed E-state index contributed by atoms with van der Waals surface area (Å²) in [6.07, 6.45) is 1.76. The van der Waals surface area contributed by atoms with Crippen LogP contribution >= 0.6 is 0 Å². The highest BCUT2D eigenvalue weighted by Crippen LogP contribution is 2.18. The van der Waals surface area contributed by atoms with Crippen LogP contribution in [0.15, 0.2) is 29.3 Å². The molecule has 0 aromatic heterocycles. The van der Waals surface area contributed by atoms with E-state index in [2.05, 4.69) is 15.2 Å². The fourth-order valence-corrected chi connectivity index (χ4v) is 3.04. The maximum Gasteiger partial charge on any atom is 0.310 e. The standard InChI is InChI=1S/C19H28N4O3/c1-3-21-19(22-12-14-7-5-8-15(11-14)17(20)24)23-10-6-9-16(13-23)18(25)26-4-2/h5,7-8,11,16H,3-4,6,9-10,12-13H2,1-2H3,(H2,20,24)(H,21,22). The number of primary amides is 1. The molecule has 0 bridgehead atoms. The zero-order valence-electron chi connectivity index (χ0n) is 15.5. The Bertz CT molecular complexity index is 660. The van der Waals surface area contributed by atoms with Gasteiger partial charge in [0.25, 0.3) is 0 Å². The molecule has 1 aliphatic rings. The van der Waals surface area contributed by atoms with Gasteiger partial charge in [0, 0.05) is 25.2 Å². The summed E-state index contributed by atoms with van der Waals surface area (Å²) in [5.74, 6) is 0.0648. The minimum absolute atomic E-state index is 0.120. The van der Waals surface area contributed by atoms with Crippen molar-refractivity contribution in [2.45, 2.75) is 33.2 Å². The van der Waals surface area contributed by atoms with Crippen LogP contribution in [-0.2, 0) is 16.1 Å². The summed E-state index contributed by atoms with van der Waals surface area (Å²) in [4.78, 5) is 30.1. The van der Waals surface area contributed by atoms with Crippen molar-refractivity contribution in [2.24, 2.45) is 16.6 Å². The van der Waals surface area contributed by atoms with E-state index in [9.17, 15) is 9.59 Å². The minimum atomic E-state index is -0.448. The smallest absolute Gasteiger partial charge is 0.310 e. The number of nitrogens with zero attached hydrogens (tertiary/aromatic N) is 2. The zero-order valence-corrected chi connectivity index (χ0v) is 15.5. The van der Waals surface area contributed by atoms with E-state index in [1.807, 2.05) is 19.9 Å². The normalized spacial score (nSPS) is 17.7. The van der Waals surface area contributed by atoms with Crippen LogP contribution in [0.25, 0.3) is 0 Å². The van der Waals surface area contributed by atoms with Crippen molar-refractivity contribution in [2.75, 3.05) is 26.2 Å². The number of nitrogens with two attached hydrogens (primary N) is 1. The van der Waals surface area contributed by atoms with Crippen LogP contribution in [0.4, 0.5) is 0 Å². The molecule has 1 aliphatic heterocycles. The van der Waals surface area contributed by atoms with Crippen LogP contribution in [-0.4, -0.2) is 49.0 Å². The van der Waals surface area contributed by atoms with E-state index in [4.69, 9.17) is 10.5 Å². The predicted molar refractivity (Wildman–Crippen MR) is 101 cm³/mol. The number of benzene rings is 1. The van der Waals surface area contributed by atoms with Gasteiger partial charge in [-0.15, -0.1) is 0 Å². The quantitative estimate of drug-likeness (QED) is 0.455. The molecule has 1 heterocycles. The predicted octanol–water partition coefficient (Wildman–Crippen LogP) is 1.53. The van der Waals surface area contributed by atoms with Gasteiger partial charge in [0.2, 0.25) is 5.91 Å². The fourth-order valence-electron chi connectivity index (χ4n) is 3.04. The van der Waals surface area contributed by atoms with Crippen LogP contribution in [0, 0.1) is 5.92 Å². The lowest BCUT2D eigenvalue weighted by atomic mass is 9.98. The van der Waals surface area contributed by atoms with Crippen molar-refractivity contribution in [1.82, 2.24) is 10.2 Å². The highest BCUT2D eigenvalue weighted by Gasteiger charge is 2.28. The Morgan fingerprint density at radius 3 is 2.88 bits per heavy atom. The Labute approximate surface area is 154 Å². The molecular weight excluding hydrogens is 332 g/mol. The summed E-state index contributed by atoms with van der Waals surface area (Å²) in [5, 5.41) is 3.28. The molecule has 7 heteroatoms. The van der Waals surface area contributed by atoms with Gasteiger partial charge in [0.05, 0.1) is 19.1 Å². The molecule has 0 aliphatic carbocycles. The molecule has 1 atom stereocenters. The number of ether oxygens (including phenoxy) is 1. The van der Waals surface area contributed by atoms with Gasteiger partial charge in [-0.25, -0.2) is 4.99 Å². The number of piperidine rings is 1. The van der Waals surface area contributed by atoms with Crippen LogP contribution in [0.1, 0.15) is 42.6 Å². The maximum absolute atomic E-state index is 12.1. The van der Waals surface area contributed by atoms with Crippen LogP contribution in [0.5, 0.6) is 0 Å². The molecule has 0 radical (unpaired) electrons. The first-order chi connectivity index (χ1) is 12.5. The van der Waals surface area contributed by atoms with Gasteiger partial charge < -0.3 is 20.7 Å². The van der Waals surface area contributed by atoms with Crippen LogP contribution < -0.4 is 11.1 Å². The number of carbonyl (C=O) groups is 2. The molecule has 1 saturated heterocycles. The van der Waals surface area contributed by atoms with E-state index in [1.54, 1.807) is 18.2 Å². The van der Waals surface area contributed by atoms with Gasteiger partial charge in [0.15, 0.2) is 5.96 Å². The third-order valence-electron chi connectivity index (χ3n) is 4.30. The highest BCUT2D eigenvalue weighted by atomic mass is 16.5. The summed E-state index contributed by atoms with van der Waals surface area (Å²) >= 11 is 0. The summed E-state index contributed by atoms with van der Waals surface area (Å²) < 4.78 is 5.16. The summed E-state index contributed by atoms with van der Waals surface area (Å²) in [6.45, 7) is 6.86.